The number of hydrogen-bond acceptors (Lipinski definition) is 5. The molecule has 1 aliphatic rings. The predicted octanol–water partition coefficient (Wildman–Crippen LogP) is 4.80. The highest BCUT2D eigenvalue weighted by Crippen LogP contribution is 2.37. The predicted molar refractivity (Wildman–Crippen MR) is 115 cm³/mol. The van der Waals surface area contributed by atoms with Crippen molar-refractivity contribution in [1.82, 2.24) is 4.90 Å². The molecular weight excluding hydrogens is 402 g/mol. The van der Waals surface area contributed by atoms with E-state index in [4.69, 9.17) is 33.3 Å². The zero-order valence-corrected chi connectivity index (χ0v) is 17.3. The summed E-state index contributed by atoms with van der Waals surface area (Å²) in [6.45, 7) is 0.547. The van der Waals surface area contributed by atoms with Gasteiger partial charge in [0.2, 0.25) is 0 Å². The molecule has 1 amide bonds. The third-order valence-corrected chi connectivity index (χ3v) is 5.84. The molecular formula is C20H18ClNO3S2. The Kier molecular flexibility index (Phi) is 6.42. The number of ether oxygens (including phenoxy) is 2. The van der Waals surface area contributed by atoms with Crippen molar-refractivity contribution in [2.75, 3.05) is 20.8 Å². The highest BCUT2D eigenvalue weighted by atomic mass is 35.5. The Morgan fingerprint density at radius 3 is 2.48 bits per heavy atom. The van der Waals surface area contributed by atoms with Gasteiger partial charge in [0.15, 0.2) is 11.5 Å². The number of hydrogen-bond donors (Lipinski definition) is 0. The Hall–Kier alpha value is -2.02. The van der Waals surface area contributed by atoms with E-state index in [0.29, 0.717) is 37.9 Å². The van der Waals surface area contributed by atoms with E-state index in [1.54, 1.807) is 37.3 Å². The summed E-state index contributed by atoms with van der Waals surface area (Å²) in [6, 6.07) is 13.4. The lowest BCUT2D eigenvalue weighted by Gasteiger charge is -2.14. The van der Waals surface area contributed by atoms with Gasteiger partial charge in [-0.25, -0.2) is 0 Å². The number of carbonyl (C=O) groups is 1. The van der Waals surface area contributed by atoms with Crippen LogP contribution in [-0.4, -0.2) is 35.9 Å². The number of thioether (sulfide) groups is 1. The standard InChI is InChI=1S/C20H18ClNO3S2/c1-24-16-10-14(15(21)12-17(16)25-2)11-18-19(23)22(20(26)27-18)9-8-13-6-4-3-5-7-13/h3-7,10-12H,8-9H2,1-2H3/b18-11+. The highest BCUT2D eigenvalue weighted by Gasteiger charge is 2.31. The molecule has 0 radical (unpaired) electrons. The van der Waals surface area contributed by atoms with Gasteiger partial charge in [-0.3, -0.25) is 9.69 Å². The molecule has 1 saturated heterocycles. The molecule has 0 saturated carbocycles. The molecule has 0 bridgehead atoms. The molecule has 0 spiro atoms. The second-order valence-electron chi connectivity index (χ2n) is 5.80. The first-order valence-corrected chi connectivity index (χ1v) is 9.84. The maximum Gasteiger partial charge on any atom is 0.266 e. The van der Waals surface area contributed by atoms with Crippen LogP contribution in [0.3, 0.4) is 0 Å². The number of thiocarbonyl (C=S) groups is 1. The largest absolute Gasteiger partial charge is 0.493 e. The molecule has 0 N–H and O–H groups in total. The van der Waals surface area contributed by atoms with Gasteiger partial charge in [-0.15, -0.1) is 0 Å². The summed E-state index contributed by atoms with van der Waals surface area (Å²) in [5.74, 6) is 0.981. The van der Waals surface area contributed by atoms with Gasteiger partial charge >= 0.3 is 0 Å². The summed E-state index contributed by atoms with van der Waals surface area (Å²) >= 11 is 13.0. The molecule has 1 fully saturated rings. The first kappa shape index (κ1) is 19.7. The van der Waals surface area contributed by atoms with Crippen LogP contribution in [-0.2, 0) is 11.2 Å². The van der Waals surface area contributed by atoms with Gasteiger partial charge in [0.1, 0.15) is 4.32 Å². The zero-order valence-electron chi connectivity index (χ0n) is 14.9. The fourth-order valence-electron chi connectivity index (χ4n) is 2.70. The number of halogens is 1. The Morgan fingerprint density at radius 2 is 1.81 bits per heavy atom. The van der Waals surface area contributed by atoms with Crippen LogP contribution in [0, 0.1) is 0 Å². The van der Waals surface area contributed by atoms with Crippen LogP contribution in [0.4, 0.5) is 0 Å². The van der Waals surface area contributed by atoms with Crippen LogP contribution in [0.5, 0.6) is 11.5 Å². The van der Waals surface area contributed by atoms with Gasteiger partial charge in [0.05, 0.1) is 24.1 Å². The summed E-state index contributed by atoms with van der Waals surface area (Å²) in [5.41, 5.74) is 1.84. The number of nitrogens with zero attached hydrogens (tertiary/aromatic N) is 1. The summed E-state index contributed by atoms with van der Waals surface area (Å²) in [5, 5.41) is 0.474. The lowest BCUT2D eigenvalue weighted by atomic mass is 10.1. The Bertz CT molecular complexity index is 900. The number of amides is 1. The van der Waals surface area contributed by atoms with E-state index in [2.05, 4.69) is 0 Å². The van der Waals surface area contributed by atoms with E-state index in [9.17, 15) is 4.79 Å². The third-order valence-electron chi connectivity index (χ3n) is 4.13. The van der Waals surface area contributed by atoms with E-state index in [0.717, 1.165) is 6.42 Å². The van der Waals surface area contributed by atoms with Crippen molar-refractivity contribution in [3.63, 3.8) is 0 Å². The zero-order chi connectivity index (χ0) is 19.4. The first-order chi connectivity index (χ1) is 13.0. The van der Waals surface area contributed by atoms with Crippen molar-refractivity contribution < 1.29 is 14.3 Å². The number of carbonyl (C=O) groups excluding carboxylic acids is 1. The molecule has 2 aromatic carbocycles. The summed E-state index contributed by atoms with van der Waals surface area (Å²) in [6.07, 6.45) is 2.49. The van der Waals surface area contributed by atoms with Crippen LogP contribution >= 0.6 is 35.6 Å². The summed E-state index contributed by atoms with van der Waals surface area (Å²) in [4.78, 5) is 15.0. The smallest absolute Gasteiger partial charge is 0.266 e. The molecule has 1 aliphatic heterocycles. The normalized spacial score (nSPS) is 15.5. The van der Waals surface area contributed by atoms with Crippen LogP contribution in [0.2, 0.25) is 5.02 Å². The first-order valence-electron chi connectivity index (χ1n) is 8.24. The van der Waals surface area contributed by atoms with Gasteiger partial charge in [0, 0.05) is 12.6 Å². The maximum atomic E-state index is 12.8. The Morgan fingerprint density at radius 1 is 1.15 bits per heavy atom. The van der Waals surface area contributed by atoms with Gasteiger partial charge in [-0.2, -0.15) is 0 Å². The molecule has 1 heterocycles. The molecule has 140 valence electrons. The van der Waals surface area contributed by atoms with E-state index >= 15 is 0 Å². The van der Waals surface area contributed by atoms with Crippen molar-refractivity contribution in [2.45, 2.75) is 6.42 Å². The van der Waals surface area contributed by atoms with Gasteiger partial charge in [-0.05, 0) is 29.7 Å². The molecule has 0 unspecified atom stereocenters. The van der Waals surface area contributed by atoms with Crippen molar-refractivity contribution in [3.8, 4) is 11.5 Å². The van der Waals surface area contributed by atoms with Crippen molar-refractivity contribution in [1.29, 1.82) is 0 Å². The molecule has 7 heteroatoms. The van der Waals surface area contributed by atoms with Crippen molar-refractivity contribution in [3.05, 3.63) is 63.5 Å². The fraction of sp³-hybridized carbons (Fsp3) is 0.200. The average Bonchev–Trinajstić information content (AvgIpc) is 2.95. The minimum atomic E-state index is -0.105. The minimum absolute atomic E-state index is 0.105. The quantitative estimate of drug-likeness (QED) is 0.496. The maximum absolute atomic E-state index is 12.8. The Balaban J connectivity index is 1.80. The van der Waals surface area contributed by atoms with Crippen LogP contribution in [0.25, 0.3) is 6.08 Å². The topological polar surface area (TPSA) is 38.8 Å². The van der Waals surface area contributed by atoms with Gasteiger partial charge < -0.3 is 9.47 Å². The SMILES string of the molecule is COc1cc(Cl)c(/C=C2/SC(=S)N(CCc3ccccc3)C2=O)cc1OC. The fourth-order valence-corrected chi connectivity index (χ4v) is 4.21. The molecule has 2 aromatic rings. The van der Waals surface area contributed by atoms with Crippen LogP contribution in [0.15, 0.2) is 47.4 Å². The second-order valence-corrected chi connectivity index (χ2v) is 7.88. The van der Waals surface area contributed by atoms with Crippen molar-refractivity contribution >= 4 is 51.9 Å². The second kappa shape index (κ2) is 8.78. The summed E-state index contributed by atoms with van der Waals surface area (Å²) < 4.78 is 11.1. The van der Waals surface area contributed by atoms with Crippen molar-refractivity contribution in [2.24, 2.45) is 0 Å². The van der Waals surface area contributed by atoms with Crippen LogP contribution in [0.1, 0.15) is 11.1 Å². The van der Waals surface area contributed by atoms with Gasteiger partial charge in [-0.1, -0.05) is 65.9 Å². The van der Waals surface area contributed by atoms with E-state index in [1.807, 2.05) is 30.3 Å². The van der Waals surface area contributed by atoms with Gasteiger partial charge in [0.25, 0.3) is 5.91 Å². The lowest BCUT2D eigenvalue weighted by Crippen LogP contribution is -2.30. The monoisotopic (exact) mass is 419 g/mol. The van der Waals surface area contributed by atoms with Crippen LogP contribution < -0.4 is 9.47 Å². The molecule has 27 heavy (non-hydrogen) atoms. The highest BCUT2D eigenvalue weighted by molar-refractivity contribution is 8.26. The molecule has 3 rings (SSSR count). The van der Waals surface area contributed by atoms with E-state index in [-0.39, 0.29) is 5.91 Å². The third kappa shape index (κ3) is 4.46. The lowest BCUT2D eigenvalue weighted by molar-refractivity contribution is -0.122. The molecule has 0 atom stereocenters. The van der Waals surface area contributed by atoms with E-state index in [1.165, 1.54) is 17.3 Å². The molecule has 4 nitrogen and oxygen atoms in total. The number of rotatable bonds is 6. The summed E-state index contributed by atoms with van der Waals surface area (Å²) in [7, 11) is 3.10. The average molecular weight is 420 g/mol. The Labute approximate surface area is 173 Å². The molecule has 0 aliphatic carbocycles. The minimum Gasteiger partial charge on any atom is -0.493 e. The van der Waals surface area contributed by atoms with E-state index < -0.39 is 0 Å². The molecule has 0 aromatic heterocycles. The number of benzene rings is 2. The number of methoxy groups -OCH3 is 2.